The van der Waals surface area contributed by atoms with Crippen molar-refractivity contribution in [3.05, 3.63) is 35.4 Å². The number of aliphatic hydroxyl groups is 1. The summed E-state index contributed by atoms with van der Waals surface area (Å²) in [7, 11) is 0. The van der Waals surface area contributed by atoms with Gasteiger partial charge in [0.05, 0.1) is 6.61 Å². The molecule has 1 rings (SSSR count). The summed E-state index contributed by atoms with van der Waals surface area (Å²) in [4.78, 5) is 14.4. The molecule has 0 fully saturated rings. The largest absolute Gasteiger partial charge is 0.395 e. The number of rotatable bonds is 4. The molecule has 1 aromatic carbocycles. The summed E-state index contributed by atoms with van der Waals surface area (Å²) in [5.74, 6) is -0.00502. The lowest BCUT2D eigenvalue weighted by atomic mass is 9.83. The number of hydrogen-bond acceptors (Lipinski definition) is 2. The van der Waals surface area contributed by atoms with Crippen LogP contribution in [0.15, 0.2) is 24.3 Å². The fourth-order valence-corrected chi connectivity index (χ4v) is 2.18. The van der Waals surface area contributed by atoms with Crippen molar-refractivity contribution in [1.29, 1.82) is 0 Å². The first-order valence-electron chi connectivity index (χ1n) is 6.80. The first-order chi connectivity index (χ1) is 8.79. The first-order valence-corrected chi connectivity index (χ1v) is 6.80. The van der Waals surface area contributed by atoms with Gasteiger partial charge in [0.1, 0.15) is 0 Å². The summed E-state index contributed by atoms with van der Waals surface area (Å²) in [6, 6.07) is 7.80. The highest BCUT2D eigenvalue weighted by atomic mass is 16.3. The van der Waals surface area contributed by atoms with Crippen LogP contribution >= 0.6 is 0 Å². The third-order valence-corrected chi connectivity index (χ3v) is 3.19. The van der Waals surface area contributed by atoms with Crippen molar-refractivity contribution in [2.75, 3.05) is 13.2 Å². The lowest BCUT2D eigenvalue weighted by molar-refractivity contribution is 0.0663. The second kappa shape index (κ2) is 6.20. The number of aliphatic hydroxyl groups excluding tert-OH is 1. The van der Waals surface area contributed by atoms with Gasteiger partial charge in [0, 0.05) is 18.2 Å². The average molecular weight is 263 g/mol. The van der Waals surface area contributed by atoms with E-state index in [1.54, 1.807) is 4.90 Å². The number of carbonyl (C=O) groups excluding carboxylic acids is 1. The number of hydrogen-bond donors (Lipinski definition) is 1. The minimum absolute atomic E-state index is 0.00502. The standard InChI is InChI=1S/C16H25NO2/c1-12(2)17(10-11-18)15(19)13-8-6-7-9-14(13)16(3,4)5/h6-9,12,18H,10-11H2,1-5H3. The monoisotopic (exact) mass is 263 g/mol. The molecule has 0 heterocycles. The fourth-order valence-electron chi connectivity index (χ4n) is 2.18. The molecule has 0 aliphatic carbocycles. The molecule has 19 heavy (non-hydrogen) atoms. The van der Waals surface area contributed by atoms with E-state index in [-0.39, 0.29) is 24.0 Å². The van der Waals surface area contributed by atoms with Gasteiger partial charge in [-0.1, -0.05) is 39.0 Å². The summed E-state index contributed by atoms with van der Waals surface area (Å²) in [6.45, 7) is 10.6. The lowest BCUT2D eigenvalue weighted by Crippen LogP contribution is -2.40. The van der Waals surface area contributed by atoms with E-state index >= 15 is 0 Å². The highest BCUT2D eigenvalue weighted by Gasteiger charge is 2.25. The summed E-state index contributed by atoms with van der Waals surface area (Å²) in [5.41, 5.74) is 1.70. The molecular formula is C16H25NO2. The van der Waals surface area contributed by atoms with Crippen LogP contribution in [0.4, 0.5) is 0 Å². The average Bonchev–Trinajstić information content (AvgIpc) is 2.33. The predicted molar refractivity (Wildman–Crippen MR) is 78.4 cm³/mol. The highest BCUT2D eigenvalue weighted by Crippen LogP contribution is 2.26. The van der Waals surface area contributed by atoms with Crippen molar-refractivity contribution in [3.8, 4) is 0 Å². The molecule has 0 aliphatic heterocycles. The van der Waals surface area contributed by atoms with Crippen molar-refractivity contribution in [1.82, 2.24) is 4.90 Å². The van der Waals surface area contributed by atoms with Gasteiger partial charge >= 0.3 is 0 Å². The van der Waals surface area contributed by atoms with Crippen LogP contribution in [0.3, 0.4) is 0 Å². The van der Waals surface area contributed by atoms with Crippen molar-refractivity contribution in [3.63, 3.8) is 0 Å². The second-order valence-corrected chi connectivity index (χ2v) is 6.11. The van der Waals surface area contributed by atoms with Crippen LogP contribution < -0.4 is 0 Å². The van der Waals surface area contributed by atoms with Gasteiger partial charge in [0.2, 0.25) is 0 Å². The summed E-state index contributed by atoms with van der Waals surface area (Å²) in [6.07, 6.45) is 0. The molecule has 0 spiro atoms. The van der Waals surface area contributed by atoms with E-state index in [1.165, 1.54) is 0 Å². The Hall–Kier alpha value is -1.35. The van der Waals surface area contributed by atoms with Gasteiger partial charge in [0.15, 0.2) is 0 Å². The molecule has 0 atom stereocenters. The van der Waals surface area contributed by atoms with E-state index in [0.717, 1.165) is 11.1 Å². The van der Waals surface area contributed by atoms with Crippen molar-refractivity contribution < 1.29 is 9.90 Å². The summed E-state index contributed by atoms with van der Waals surface area (Å²) >= 11 is 0. The molecule has 3 nitrogen and oxygen atoms in total. The van der Waals surface area contributed by atoms with E-state index in [0.29, 0.717) is 6.54 Å². The number of nitrogens with zero attached hydrogens (tertiary/aromatic N) is 1. The van der Waals surface area contributed by atoms with Gasteiger partial charge in [-0.15, -0.1) is 0 Å². The lowest BCUT2D eigenvalue weighted by Gasteiger charge is -2.29. The zero-order chi connectivity index (χ0) is 14.6. The molecule has 106 valence electrons. The highest BCUT2D eigenvalue weighted by molar-refractivity contribution is 5.96. The van der Waals surface area contributed by atoms with Crippen LogP contribution in [0.25, 0.3) is 0 Å². The molecule has 0 radical (unpaired) electrons. The topological polar surface area (TPSA) is 40.5 Å². The van der Waals surface area contributed by atoms with Gasteiger partial charge in [-0.05, 0) is 30.9 Å². The first kappa shape index (κ1) is 15.7. The van der Waals surface area contributed by atoms with Crippen LogP contribution in [0.5, 0.6) is 0 Å². The zero-order valence-electron chi connectivity index (χ0n) is 12.6. The SMILES string of the molecule is CC(C)N(CCO)C(=O)c1ccccc1C(C)(C)C. The van der Waals surface area contributed by atoms with E-state index < -0.39 is 0 Å². The van der Waals surface area contributed by atoms with Crippen molar-refractivity contribution >= 4 is 5.91 Å². The molecule has 0 saturated carbocycles. The molecule has 1 amide bonds. The van der Waals surface area contributed by atoms with E-state index in [9.17, 15) is 4.79 Å². The van der Waals surface area contributed by atoms with Gasteiger partial charge in [-0.3, -0.25) is 4.79 Å². The Kier molecular flexibility index (Phi) is 5.12. The van der Waals surface area contributed by atoms with Crippen LogP contribution in [-0.4, -0.2) is 35.1 Å². The minimum Gasteiger partial charge on any atom is -0.395 e. The molecule has 0 saturated heterocycles. The maximum Gasteiger partial charge on any atom is 0.254 e. The number of carbonyl (C=O) groups is 1. The normalized spacial score (nSPS) is 11.7. The van der Waals surface area contributed by atoms with E-state index in [2.05, 4.69) is 20.8 Å². The van der Waals surface area contributed by atoms with E-state index in [4.69, 9.17) is 5.11 Å². The Morgan fingerprint density at radius 2 is 1.84 bits per heavy atom. The van der Waals surface area contributed by atoms with E-state index in [1.807, 2.05) is 38.1 Å². The molecule has 3 heteroatoms. The van der Waals surface area contributed by atoms with Crippen molar-refractivity contribution in [2.24, 2.45) is 0 Å². The molecule has 1 aromatic rings. The molecular weight excluding hydrogens is 238 g/mol. The van der Waals surface area contributed by atoms with Crippen LogP contribution in [0.1, 0.15) is 50.5 Å². The van der Waals surface area contributed by atoms with Gasteiger partial charge in [-0.2, -0.15) is 0 Å². The van der Waals surface area contributed by atoms with Crippen LogP contribution in [-0.2, 0) is 5.41 Å². The van der Waals surface area contributed by atoms with Crippen LogP contribution in [0.2, 0.25) is 0 Å². The Labute approximate surface area is 116 Å². The maximum absolute atomic E-state index is 12.7. The van der Waals surface area contributed by atoms with Gasteiger partial charge in [-0.25, -0.2) is 0 Å². The summed E-state index contributed by atoms with van der Waals surface area (Å²) in [5, 5.41) is 9.12. The Balaban J connectivity index is 3.18. The number of benzene rings is 1. The minimum atomic E-state index is -0.0753. The predicted octanol–water partition coefficient (Wildman–Crippen LogP) is 2.83. The maximum atomic E-state index is 12.7. The fraction of sp³-hybridized carbons (Fsp3) is 0.562. The van der Waals surface area contributed by atoms with Gasteiger partial charge in [0.25, 0.3) is 5.91 Å². The van der Waals surface area contributed by atoms with Crippen molar-refractivity contribution in [2.45, 2.75) is 46.1 Å². The molecule has 0 aliphatic rings. The number of amides is 1. The Bertz CT molecular complexity index is 433. The molecule has 0 unspecified atom stereocenters. The Morgan fingerprint density at radius 1 is 1.26 bits per heavy atom. The quantitative estimate of drug-likeness (QED) is 0.907. The summed E-state index contributed by atoms with van der Waals surface area (Å²) < 4.78 is 0. The molecule has 1 N–H and O–H groups in total. The smallest absolute Gasteiger partial charge is 0.254 e. The second-order valence-electron chi connectivity index (χ2n) is 6.11. The molecule has 0 aromatic heterocycles. The zero-order valence-corrected chi connectivity index (χ0v) is 12.6. The third-order valence-electron chi connectivity index (χ3n) is 3.19. The molecule has 0 bridgehead atoms. The van der Waals surface area contributed by atoms with Gasteiger partial charge < -0.3 is 10.0 Å². The Morgan fingerprint density at radius 3 is 2.32 bits per heavy atom. The van der Waals surface area contributed by atoms with Crippen LogP contribution in [0, 0.1) is 0 Å². The third kappa shape index (κ3) is 3.80.